The summed E-state index contributed by atoms with van der Waals surface area (Å²) in [6.07, 6.45) is 0.947. The van der Waals surface area contributed by atoms with E-state index in [1.54, 1.807) is 7.11 Å². The summed E-state index contributed by atoms with van der Waals surface area (Å²) in [7, 11) is 1.63. The molecular formula is C9H13NO. The SMILES string of the molecule is CCc1cccc(OC)c1N. The van der Waals surface area contributed by atoms with Crippen molar-refractivity contribution in [1.82, 2.24) is 0 Å². The van der Waals surface area contributed by atoms with E-state index in [2.05, 4.69) is 6.92 Å². The maximum absolute atomic E-state index is 5.78. The molecule has 0 bridgehead atoms. The van der Waals surface area contributed by atoms with Crippen molar-refractivity contribution in [3.8, 4) is 5.75 Å². The van der Waals surface area contributed by atoms with Crippen molar-refractivity contribution in [1.29, 1.82) is 0 Å². The van der Waals surface area contributed by atoms with E-state index in [9.17, 15) is 0 Å². The second kappa shape index (κ2) is 3.28. The molecule has 1 aromatic carbocycles. The number of nitrogens with two attached hydrogens (primary N) is 1. The van der Waals surface area contributed by atoms with Gasteiger partial charge in [0.15, 0.2) is 0 Å². The average molecular weight is 151 g/mol. The number of methoxy groups -OCH3 is 1. The highest BCUT2D eigenvalue weighted by atomic mass is 16.5. The predicted octanol–water partition coefficient (Wildman–Crippen LogP) is 1.84. The normalized spacial score (nSPS) is 9.64. The Kier molecular flexibility index (Phi) is 2.36. The van der Waals surface area contributed by atoms with Crippen LogP contribution in [-0.4, -0.2) is 7.11 Å². The third-order valence-corrected chi connectivity index (χ3v) is 1.76. The summed E-state index contributed by atoms with van der Waals surface area (Å²) in [5.74, 6) is 0.768. The van der Waals surface area contributed by atoms with Crippen molar-refractivity contribution in [2.24, 2.45) is 0 Å². The lowest BCUT2D eigenvalue weighted by Crippen LogP contribution is -1.96. The minimum absolute atomic E-state index is 0.762. The first-order chi connectivity index (χ1) is 5.29. The molecule has 0 fully saturated rings. The molecule has 0 unspecified atom stereocenters. The lowest BCUT2D eigenvalue weighted by Gasteiger charge is -2.07. The molecule has 0 heterocycles. The van der Waals surface area contributed by atoms with E-state index >= 15 is 0 Å². The molecule has 0 atom stereocenters. The Hall–Kier alpha value is -1.18. The van der Waals surface area contributed by atoms with Gasteiger partial charge < -0.3 is 10.5 Å². The molecule has 0 saturated carbocycles. The molecule has 0 spiro atoms. The topological polar surface area (TPSA) is 35.2 Å². The van der Waals surface area contributed by atoms with Crippen molar-refractivity contribution < 1.29 is 4.74 Å². The summed E-state index contributed by atoms with van der Waals surface area (Å²) >= 11 is 0. The molecule has 2 heteroatoms. The van der Waals surface area contributed by atoms with Crippen LogP contribution >= 0.6 is 0 Å². The van der Waals surface area contributed by atoms with Gasteiger partial charge in [-0.3, -0.25) is 0 Å². The molecular weight excluding hydrogens is 138 g/mol. The number of hydrogen-bond donors (Lipinski definition) is 1. The Morgan fingerprint density at radius 3 is 2.73 bits per heavy atom. The molecule has 2 nitrogen and oxygen atoms in total. The van der Waals surface area contributed by atoms with Gasteiger partial charge in [-0.1, -0.05) is 19.1 Å². The number of para-hydroxylation sites is 1. The van der Waals surface area contributed by atoms with Gasteiger partial charge in [-0.15, -0.1) is 0 Å². The van der Waals surface area contributed by atoms with Crippen LogP contribution in [0.15, 0.2) is 18.2 Å². The minimum atomic E-state index is 0.762. The number of rotatable bonds is 2. The van der Waals surface area contributed by atoms with Gasteiger partial charge in [0.05, 0.1) is 12.8 Å². The molecule has 0 saturated heterocycles. The Bertz CT molecular complexity index is 223. The Balaban J connectivity index is 3.10. The van der Waals surface area contributed by atoms with E-state index in [-0.39, 0.29) is 0 Å². The summed E-state index contributed by atoms with van der Waals surface area (Å²) in [6, 6.07) is 5.83. The highest BCUT2D eigenvalue weighted by molar-refractivity contribution is 5.58. The maximum atomic E-state index is 5.78. The molecule has 2 N–H and O–H groups in total. The molecule has 60 valence electrons. The van der Waals surface area contributed by atoms with Crippen LogP contribution in [0, 0.1) is 0 Å². The van der Waals surface area contributed by atoms with Gasteiger partial charge in [0.25, 0.3) is 0 Å². The van der Waals surface area contributed by atoms with Gasteiger partial charge in [-0.25, -0.2) is 0 Å². The predicted molar refractivity (Wildman–Crippen MR) is 46.8 cm³/mol. The number of nitrogen functional groups attached to an aromatic ring is 1. The van der Waals surface area contributed by atoms with Gasteiger partial charge >= 0.3 is 0 Å². The van der Waals surface area contributed by atoms with E-state index in [1.807, 2.05) is 18.2 Å². The zero-order valence-corrected chi connectivity index (χ0v) is 6.92. The molecule has 0 aliphatic carbocycles. The van der Waals surface area contributed by atoms with Crippen LogP contribution in [0.5, 0.6) is 5.75 Å². The minimum Gasteiger partial charge on any atom is -0.495 e. The fraction of sp³-hybridized carbons (Fsp3) is 0.333. The first kappa shape index (κ1) is 7.92. The summed E-state index contributed by atoms with van der Waals surface area (Å²) in [6.45, 7) is 2.07. The van der Waals surface area contributed by atoms with Crippen molar-refractivity contribution in [3.63, 3.8) is 0 Å². The van der Waals surface area contributed by atoms with Crippen molar-refractivity contribution in [2.45, 2.75) is 13.3 Å². The van der Waals surface area contributed by atoms with Crippen LogP contribution in [0.25, 0.3) is 0 Å². The fourth-order valence-corrected chi connectivity index (χ4v) is 1.08. The number of anilines is 1. The van der Waals surface area contributed by atoms with E-state index in [0.717, 1.165) is 23.4 Å². The lowest BCUT2D eigenvalue weighted by molar-refractivity contribution is 0.416. The van der Waals surface area contributed by atoms with Crippen LogP contribution < -0.4 is 10.5 Å². The lowest BCUT2D eigenvalue weighted by atomic mass is 10.1. The zero-order valence-electron chi connectivity index (χ0n) is 6.92. The monoisotopic (exact) mass is 151 g/mol. The molecule has 0 aliphatic rings. The number of benzene rings is 1. The first-order valence-electron chi connectivity index (χ1n) is 3.71. The van der Waals surface area contributed by atoms with Gasteiger partial charge in [0.1, 0.15) is 5.75 Å². The van der Waals surface area contributed by atoms with E-state index < -0.39 is 0 Å². The van der Waals surface area contributed by atoms with Crippen molar-refractivity contribution in [2.75, 3.05) is 12.8 Å². The number of hydrogen-bond acceptors (Lipinski definition) is 2. The van der Waals surface area contributed by atoms with E-state index in [0.29, 0.717) is 0 Å². The largest absolute Gasteiger partial charge is 0.495 e. The van der Waals surface area contributed by atoms with Crippen LogP contribution in [-0.2, 0) is 6.42 Å². The average Bonchev–Trinajstić information content (AvgIpc) is 2.05. The Morgan fingerprint density at radius 2 is 2.18 bits per heavy atom. The zero-order chi connectivity index (χ0) is 8.27. The second-order valence-corrected chi connectivity index (χ2v) is 2.39. The molecule has 1 aromatic rings. The molecule has 0 radical (unpaired) electrons. The molecule has 0 aromatic heterocycles. The quantitative estimate of drug-likeness (QED) is 0.654. The molecule has 0 aliphatic heterocycles. The van der Waals surface area contributed by atoms with Crippen LogP contribution in [0.1, 0.15) is 12.5 Å². The van der Waals surface area contributed by atoms with Crippen LogP contribution in [0.3, 0.4) is 0 Å². The van der Waals surface area contributed by atoms with Gasteiger partial charge in [-0.2, -0.15) is 0 Å². The van der Waals surface area contributed by atoms with Crippen LogP contribution in [0.2, 0.25) is 0 Å². The molecule has 11 heavy (non-hydrogen) atoms. The summed E-state index contributed by atoms with van der Waals surface area (Å²) < 4.78 is 5.06. The maximum Gasteiger partial charge on any atom is 0.142 e. The first-order valence-corrected chi connectivity index (χ1v) is 3.71. The second-order valence-electron chi connectivity index (χ2n) is 2.39. The fourth-order valence-electron chi connectivity index (χ4n) is 1.08. The smallest absolute Gasteiger partial charge is 0.142 e. The standard InChI is InChI=1S/C9H13NO/c1-3-7-5-4-6-8(11-2)9(7)10/h4-6H,3,10H2,1-2H3. The Morgan fingerprint density at radius 1 is 1.45 bits per heavy atom. The summed E-state index contributed by atoms with van der Waals surface area (Å²) in [5.41, 5.74) is 7.68. The third-order valence-electron chi connectivity index (χ3n) is 1.76. The molecule has 1 rings (SSSR count). The van der Waals surface area contributed by atoms with E-state index in [1.165, 1.54) is 0 Å². The number of ether oxygens (including phenoxy) is 1. The summed E-state index contributed by atoms with van der Waals surface area (Å²) in [4.78, 5) is 0. The van der Waals surface area contributed by atoms with E-state index in [4.69, 9.17) is 10.5 Å². The van der Waals surface area contributed by atoms with Gasteiger partial charge in [0.2, 0.25) is 0 Å². The summed E-state index contributed by atoms with van der Waals surface area (Å²) in [5, 5.41) is 0. The van der Waals surface area contributed by atoms with Gasteiger partial charge in [0, 0.05) is 0 Å². The van der Waals surface area contributed by atoms with Crippen LogP contribution in [0.4, 0.5) is 5.69 Å². The molecule has 0 amide bonds. The highest BCUT2D eigenvalue weighted by Gasteiger charge is 2.01. The third kappa shape index (κ3) is 1.45. The van der Waals surface area contributed by atoms with Crippen molar-refractivity contribution in [3.05, 3.63) is 23.8 Å². The Labute approximate surface area is 67.0 Å². The highest BCUT2D eigenvalue weighted by Crippen LogP contribution is 2.24. The van der Waals surface area contributed by atoms with Crippen molar-refractivity contribution >= 4 is 5.69 Å². The number of aryl methyl sites for hydroxylation is 1. The van der Waals surface area contributed by atoms with Gasteiger partial charge in [-0.05, 0) is 18.1 Å².